The van der Waals surface area contributed by atoms with Crippen molar-refractivity contribution in [2.45, 2.75) is 121 Å². The first-order valence-corrected chi connectivity index (χ1v) is 25.5. The first-order valence-electron chi connectivity index (χ1n) is 23.8. The molecule has 7 aromatic rings. The summed E-state index contributed by atoms with van der Waals surface area (Å²) in [6.45, 7) is 0.149. The van der Waals surface area contributed by atoms with Gasteiger partial charge >= 0.3 is 368 Å². The van der Waals surface area contributed by atoms with E-state index in [4.69, 9.17) is 4.74 Å². The van der Waals surface area contributed by atoms with E-state index < -0.39 is 0 Å². The second-order valence-corrected chi connectivity index (χ2v) is 21.5. The number of nitrogens with zero attached hydrogens (tertiary/aromatic N) is 3. The number of aromatic nitrogens is 2. The Bertz CT molecular complexity index is 2940. The molecule has 5 heterocycles. The maximum absolute atomic E-state index is 7.36. The predicted molar refractivity (Wildman–Crippen MR) is 253 cm³/mol. The van der Waals surface area contributed by atoms with Gasteiger partial charge in [0.05, 0.1) is 0 Å². The third kappa shape index (κ3) is 5.25. The molecule has 2 atom stereocenters. The minimum atomic E-state index is 0.140. The Labute approximate surface area is 366 Å². The van der Waals surface area contributed by atoms with Crippen molar-refractivity contribution in [3.05, 3.63) is 136 Å². The molecule has 14 rings (SSSR count). The van der Waals surface area contributed by atoms with Gasteiger partial charge in [-0.25, -0.2) is 0 Å². The van der Waals surface area contributed by atoms with E-state index >= 15 is 0 Å². The fraction of sp³-hybridized carbons (Fsp3) is 0.345. The van der Waals surface area contributed by atoms with Crippen molar-refractivity contribution in [2.75, 3.05) is 4.90 Å². The van der Waals surface area contributed by atoms with Gasteiger partial charge in [-0.3, -0.25) is 0 Å². The fourth-order valence-electron chi connectivity index (χ4n) is 13.6. The number of para-hydroxylation sites is 2. The van der Waals surface area contributed by atoms with Crippen LogP contribution in [0.2, 0.25) is 0 Å². The van der Waals surface area contributed by atoms with Crippen molar-refractivity contribution in [1.82, 2.24) is 9.13 Å². The van der Waals surface area contributed by atoms with Crippen LogP contribution in [0, 0.1) is 0 Å². The van der Waals surface area contributed by atoms with Gasteiger partial charge in [-0.2, -0.15) is 0 Å². The summed E-state index contributed by atoms with van der Waals surface area (Å²) in [5.41, 5.74) is 22.2. The van der Waals surface area contributed by atoms with Crippen LogP contribution in [0.4, 0.5) is 11.4 Å². The first kappa shape index (κ1) is 35.7. The molecule has 61 heavy (non-hydrogen) atoms. The SMILES string of the molecule is c1ccc2c(c1)C1CCCCCC1N2c1cc2c3c(c1)[Se]c1cc(-n4c5c(c6c4CCCC6)CCCC5)ccc1B3c1ccc(-n3c4c(c5ccccc53)CCCC4)cc1O2. The summed E-state index contributed by atoms with van der Waals surface area (Å²) in [5, 5.41) is 1.42. The Morgan fingerprint density at radius 3 is 2.02 bits per heavy atom. The Morgan fingerprint density at radius 1 is 0.525 bits per heavy atom. The molecular formula is C55H52BN3OSe. The van der Waals surface area contributed by atoms with Crippen LogP contribution in [0.15, 0.2) is 97.1 Å². The zero-order chi connectivity index (χ0) is 39.8. The molecule has 0 radical (unpaired) electrons. The van der Waals surface area contributed by atoms with Gasteiger partial charge in [0.2, 0.25) is 0 Å². The zero-order valence-electron chi connectivity index (χ0n) is 35.1. The minimum absolute atomic E-state index is 0.140. The van der Waals surface area contributed by atoms with E-state index in [1.165, 1.54) is 163 Å². The van der Waals surface area contributed by atoms with Crippen LogP contribution in [0.5, 0.6) is 11.5 Å². The molecule has 0 amide bonds. The predicted octanol–water partition coefficient (Wildman–Crippen LogP) is 9.22. The molecule has 7 aliphatic rings. The van der Waals surface area contributed by atoms with E-state index in [1.54, 1.807) is 38.1 Å². The van der Waals surface area contributed by atoms with Gasteiger partial charge in [-0.05, 0) is 0 Å². The standard InChI is InChI=1S/C55H52BN3OSe/c1-2-14-37-42-19-8-13-25-50(42)59(49(37)20-3-1)36-31-52-55-54(33-36)61-53-32-35(58-47-23-11-6-17-40(47)41-18-7-12-24-48(41)58)27-29-44(53)56(55)43-28-26-34(30-51(43)60-52)57-45-21-9-4-15-38(45)39-16-5-10-22-46(39)57/h4,8-9,13,15,19,21,25-33,37,49H,1-3,5-7,10-12,14,16-18,20,22-24H2. The van der Waals surface area contributed by atoms with Gasteiger partial charge in [0, 0.05) is 0 Å². The quantitative estimate of drug-likeness (QED) is 0.166. The number of anilines is 2. The Hall–Kier alpha value is -4.90. The van der Waals surface area contributed by atoms with Crippen LogP contribution in [0.3, 0.4) is 0 Å². The third-order valence-electron chi connectivity index (χ3n) is 16.1. The summed E-state index contributed by atoms with van der Waals surface area (Å²) in [5.74, 6) is 2.69. The van der Waals surface area contributed by atoms with Gasteiger partial charge in [0.25, 0.3) is 0 Å². The first-order chi connectivity index (χ1) is 30.3. The Morgan fingerprint density at radius 2 is 1.18 bits per heavy atom. The van der Waals surface area contributed by atoms with Gasteiger partial charge < -0.3 is 0 Å². The average molecular weight is 861 g/mol. The molecule has 4 aliphatic carbocycles. The van der Waals surface area contributed by atoms with E-state index in [-0.39, 0.29) is 21.7 Å². The molecule has 2 unspecified atom stereocenters. The van der Waals surface area contributed by atoms with Crippen LogP contribution in [-0.4, -0.2) is 36.8 Å². The maximum atomic E-state index is 7.36. The molecule has 1 fully saturated rings. The molecule has 0 N–H and O–H groups in total. The number of ether oxygens (including phenoxy) is 1. The number of benzene rings is 5. The van der Waals surface area contributed by atoms with Crippen molar-refractivity contribution in [1.29, 1.82) is 0 Å². The molecule has 1 saturated carbocycles. The number of aryl methyl sites for hydroxylation is 1. The zero-order valence-corrected chi connectivity index (χ0v) is 36.9. The number of hydrogen-bond acceptors (Lipinski definition) is 2. The van der Waals surface area contributed by atoms with Gasteiger partial charge in [0.15, 0.2) is 0 Å². The topological polar surface area (TPSA) is 22.3 Å². The molecule has 5 aromatic carbocycles. The average Bonchev–Trinajstić information content (AvgIpc) is 3.86. The summed E-state index contributed by atoms with van der Waals surface area (Å²) >= 11 is 0.140. The van der Waals surface area contributed by atoms with Crippen LogP contribution in [0.1, 0.15) is 116 Å². The molecule has 6 heteroatoms. The number of fused-ring (bicyclic) bond motifs is 13. The summed E-state index contributed by atoms with van der Waals surface area (Å²) in [7, 11) is 0. The molecule has 302 valence electrons. The molecule has 3 aliphatic heterocycles. The van der Waals surface area contributed by atoms with Crippen molar-refractivity contribution >= 4 is 69.3 Å². The molecule has 2 aromatic heterocycles. The monoisotopic (exact) mass is 861 g/mol. The summed E-state index contributed by atoms with van der Waals surface area (Å²) in [6, 6.07) is 38.9. The van der Waals surface area contributed by atoms with Gasteiger partial charge in [0.1, 0.15) is 0 Å². The van der Waals surface area contributed by atoms with E-state index in [0.717, 1.165) is 17.9 Å². The van der Waals surface area contributed by atoms with Crippen LogP contribution >= 0.6 is 0 Å². The van der Waals surface area contributed by atoms with E-state index in [9.17, 15) is 0 Å². The van der Waals surface area contributed by atoms with Crippen LogP contribution < -0.4 is 34.9 Å². The van der Waals surface area contributed by atoms with Crippen molar-refractivity contribution in [3.63, 3.8) is 0 Å². The number of hydrogen-bond donors (Lipinski definition) is 0. The Kier molecular flexibility index (Phi) is 8.07. The van der Waals surface area contributed by atoms with Crippen molar-refractivity contribution in [2.24, 2.45) is 0 Å². The van der Waals surface area contributed by atoms with E-state index in [2.05, 4.69) is 111 Å². The van der Waals surface area contributed by atoms with Crippen LogP contribution in [0.25, 0.3) is 22.3 Å². The summed E-state index contributed by atoms with van der Waals surface area (Å²) in [6.07, 6.45) is 21.6. The molecular weight excluding hydrogens is 808 g/mol. The second-order valence-electron chi connectivity index (χ2n) is 19.3. The fourth-order valence-corrected chi connectivity index (χ4v) is 16.1. The van der Waals surface area contributed by atoms with E-state index in [1.807, 2.05) is 0 Å². The van der Waals surface area contributed by atoms with Gasteiger partial charge in [-0.1, -0.05) is 0 Å². The molecule has 0 saturated heterocycles. The molecule has 0 bridgehead atoms. The second kappa shape index (κ2) is 13.8. The van der Waals surface area contributed by atoms with Crippen LogP contribution in [-0.2, 0) is 38.5 Å². The summed E-state index contributed by atoms with van der Waals surface area (Å²) in [4.78, 5) is 2.76. The number of rotatable bonds is 3. The molecule has 4 nitrogen and oxygen atoms in total. The third-order valence-corrected chi connectivity index (χ3v) is 18.5. The molecule has 0 spiro atoms. The van der Waals surface area contributed by atoms with Gasteiger partial charge in [-0.15, -0.1) is 0 Å². The van der Waals surface area contributed by atoms with Crippen molar-refractivity contribution < 1.29 is 4.74 Å². The van der Waals surface area contributed by atoms with Crippen molar-refractivity contribution in [3.8, 4) is 22.9 Å². The Balaban J connectivity index is 0.960. The normalized spacial score (nSPS) is 20.7. The van der Waals surface area contributed by atoms with E-state index in [0.29, 0.717) is 12.0 Å². The summed E-state index contributed by atoms with van der Waals surface area (Å²) < 4.78 is 15.7.